The minimum atomic E-state index is 0.715. The van der Waals surface area contributed by atoms with Crippen molar-refractivity contribution < 1.29 is 0 Å². The molecule has 0 aromatic heterocycles. The average molecular weight is 230 g/mol. The Hall–Kier alpha value is -1.22. The fourth-order valence-corrected chi connectivity index (χ4v) is 2.03. The average Bonchev–Trinajstić information content (AvgIpc) is 2.41. The molecule has 0 radical (unpaired) electrons. The summed E-state index contributed by atoms with van der Waals surface area (Å²) >= 11 is 0. The molecule has 17 heavy (non-hydrogen) atoms. The SMILES string of the molecule is C#Cc1ccc(C(CCC)CCC)cc1.CC. The van der Waals surface area contributed by atoms with Crippen molar-refractivity contribution in [3.63, 3.8) is 0 Å². The van der Waals surface area contributed by atoms with Crippen LogP contribution in [-0.2, 0) is 0 Å². The van der Waals surface area contributed by atoms with E-state index in [0.717, 1.165) is 5.56 Å². The first-order valence-corrected chi connectivity index (χ1v) is 6.88. The van der Waals surface area contributed by atoms with Crippen molar-refractivity contribution in [3.8, 4) is 12.3 Å². The quantitative estimate of drug-likeness (QED) is 0.596. The van der Waals surface area contributed by atoms with Crippen molar-refractivity contribution in [3.05, 3.63) is 35.4 Å². The molecule has 0 atom stereocenters. The lowest BCUT2D eigenvalue weighted by Crippen LogP contribution is -1.98. The minimum absolute atomic E-state index is 0.715. The van der Waals surface area contributed by atoms with E-state index in [1.807, 2.05) is 26.0 Å². The molecule has 1 rings (SSSR count). The van der Waals surface area contributed by atoms with Crippen LogP contribution in [0.1, 0.15) is 70.4 Å². The summed E-state index contributed by atoms with van der Waals surface area (Å²) < 4.78 is 0. The standard InChI is InChI=1S/C15H20.C2H6/c1-4-7-14(8-5-2)15-11-9-13(6-3)10-12-15;1-2/h3,9-12,14H,4-5,7-8H2,1-2H3;1-2H3. The maximum Gasteiger partial charge on any atom is 0.0242 e. The van der Waals surface area contributed by atoms with Gasteiger partial charge in [-0.05, 0) is 36.5 Å². The lowest BCUT2D eigenvalue weighted by Gasteiger charge is -2.15. The number of hydrogen-bond donors (Lipinski definition) is 0. The van der Waals surface area contributed by atoms with Gasteiger partial charge in [0.15, 0.2) is 0 Å². The lowest BCUT2D eigenvalue weighted by molar-refractivity contribution is 0.561. The molecular formula is C17H26. The molecule has 94 valence electrons. The smallest absolute Gasteiger partial charge is 0.0242 e. The molecule has 0 amide bonds. The predicted molar refractivity (Wildman–Crippen MR) is 78.3 cm³/mol. The number of rotatable bonds is 5. The summed E-state index contributed by atoms with van der Waals surface area (Å²) in [5.41, 5.74) is 2.42. The van der Waals surface area contributed by atoms with Crippen molar-refractivity contribution in [2.24, 2.45) is 0 Å². The van der Waals surface area contributed by atoms with Crippen molar-refractivity contribution in [1.29, 1.82) is 0 Å². The maximum absolute atomic E-state index is 5.34. The van der Waals surface area contributed by atoms with E-state index in [0.29, 0.717) is 5.92 Å². The van der Waals surface area contributed by atoms with Crippen LogP contribution in [0.2, 0.25) is 0 Å². The third-order valence-electron chi connectivity index (χ3n) is 2.82. The Morgan fingerprint density at radius 3 is 1.82 bits per heavy atom. The van der Waals surface area contributed by atoms with E-state index in [1.165, 1.54) is 31.2 Å². The van der Waals surface area contributed by atoms with Gasteiger partial charge in [-0.25, -0.2) is 0 Å². The molecule has 0 aliphatic rings. The van der Waals surface area contributed by atoms with Gasteiger partial charge in [0.05, 0.1) is 0 Å². The van der Waals surface area contributed by atoms with E-state index in [2.05, 4.69) is 31.9 Å². The second-order valence-corrected chi connectivity index (χ2v) is 4.04. The Morgan fingerprint density at radius 1 is 1.00 bits per heavy atom. The van der Waals surface area contributed by atoms with Crippen LogP contribution in [0.4, 0.5) is 0 Å². The molecule has 0 spiro atoms. The predicted octanol–water partition coefficient (Wildman–Crippen LogP) is 5.38. The van der Waals surface area contributed by atoms with E-state index in [4.69, 9.17) is 6.42 Å². The van der Waals surface area contributed by atoms with E-state index in [1.54, 1.807) is 0 Å². The largest absolute Gasteiger partial charge is 0.115 e. The highest BCUT2D eigenvalue weighted by atomic mass is 14.1. The van der Waals surface area contributed by atoms with E-state index in [9.17, 15) is 0 Å². The molecule has 0 nitrogen and oxygen atoms in total. The molecule has 0 heteroatoms. The highest BCUT2D eigenvalue weighted by Gasteiger charge is 2.08. The van der Waals surface area contributed by atoms with Gasteiger partial charge in [0.1, 0.15) is 0 Å². The Kier molecular flexibility index (Phi) is 9.25. The van der Waals surface area contributed by atoms with Crippen molar-refractivity contribution in [1.82, 2.24) is 0 Å². The van der Waals surface area contributed by atoms with Crippen LogP contribution in [0.3, 0.4) is 0 Å². The fourth-order valence-electron chi connectivity index (χ4n) is 2.03. The van der Waals surface area contributed by atoms with Gasteiger partial charge >= 0.3 is 0 Å². The molecule has 1 aromatic carbocycles. The summed E-state index contributed by atoms with van der Waals surface area (Å²) in [6, 6.07) is 8.47. The van der Waals surface area contributed by atoms with E-state index >= 15 is 0 Å². The summed E-state index contributed by atoms with van der Waals surface area (Å²) in [4.78, 5) is 0. The molecule has 0 aliphatic carbocycles. The monoisotopic (exact) mass is 230 g/mol. The Labute approximate surface area is 107 Å². The normalized spacial score (nSPS) is 9.41. The fraction of sp³-hybridized carbons (Fsp3) is 0.529. The van der Waals surface area contributed by atoms with Crippen LogP contribution in [0, 0.1) is 12.3 Å². The number of hydrogen-bond acceptors (Lipinski definition) is 0. The minimum Gasteiger partial charge on any atom is -0.115 e. The summed E-state index contributed by atoms with van der Waals surface area (Å²) in [6.07, 6.45) is 10.4. The molecule has 0 aliphatic heterocycles. The first kappa shape index (κ1) is 15.8. The lowest BCUT2D eigenvalue weighted by atomic mass is 9.90. The number of terminal acetylenes is 1. The van der Waals surface area contributed by atoms with Crippen molar-refractivity contribution in [2.45, 2.75) is 59.3 Å². The Bertz CT molecular complexity index is 307. The van der Waals surface area contributed by atoms with Gasteiger partial charge in [-0.3, -0.25) is 0 Å². The van der Waals surface area contributed by atoms with Crippen LogP contribution < -0.4 is 0 Å². The Morgan fingerprint density at radius 2 is 1.47 bits per heavy atom. The highest BCUT2D eigenvalue weighted by molar-refractivity contribution is 5.35. The molecule has 0 saturated carbocycles. The van der Waals surface area contributed by atoms with E-state index in [-0.39, 0.29) is 0 Å². The molecule has 0 unspecified atom stereocenters. The van der Waals surface area contributed by atoms with Crippen LogP contribution >= 0.6 is 0 Å². The molecule has 0 bridgehead atoms. The molecule has 0 heterocycles. The zero-order valence-electron chi connectivity index (χ0n) is 11.8. The van der Waals surface area contributed by atoms with Gasteiger partial charge in [0, 0.05) is 5.56 Å². The topological polar surface area (TPSA) is 0 Å². The third kappa shape index (κ3) is 5.59. The molecular weight excluding hydrogens is 204 g/mol. The molecule has 1 aromatic rings. The second-order valence-electron chi connectivity index (χ2n) is 4.04. The van der Waals surface area contributed by atoms with Gasteiger partial charge in [0.25, 0.3) is 0 Å². The summed E-state index contributed by atoms with van der Waals surface area (Å²) in [7, 11) is 0. The zero-order chi connectivity index (χ0) is 13.1. The van der Waals surface area contributed by atoms with Gasteiger partial charge in [-0.2, -0.15) is 0 Å². The highest BCUT2D eigenvalue weighted by Crippen LogP contribution is 2.26. The summed E-state index contributed by atoms with van der Waals surface area (Å²) in [5.74, 6) is 3.37. The third-order valence-corrected chi connectivity index (χ3v) is 2.82. The molecule has 0 saturated heterocycles. The molecule has 0 N–H and O–H groups in total. The number of benzene rings is 1. The van der Waals surface area contributed by atoms with Gasteiger partial charge in [0.2, 0.25) is 0 Å². The van der Waals surface area contributed by atoms with Crippen LogP contribution in [0.15, 0.2) is 24.3 Å². The summed E-state index contributed by atoms with van der Waals surface area (Å²) in [6.45, 7) is 8.50. The summed E-state index contributed by atoms with van der Waals surface area (Å²) in [5, 5.41) is 0. The first-order valence-electron chi connectivity index (χ1n) is 6.88. The maximum atomic E-state index is 5.34. The zero-order valence-corrected chi connectivity index (χ0v) is 11.8. The van der Waals surface area contributed by atoms with Gasteiger partial charge < -0.3 is 0 Å². The van der Waals surface area contributed by atoms with Crippen molar-refractivity contribution in [2.75, 3.05) is 0 Å². The Balaban J connectivity index is 0.00000121. The second kappa shape index (κ2) is 9.97. The van der Waals surface area contributed by atoms with Gasteiger partial charge in [-0.1, -0.05) is 58.6 Å². The van der Waals surface area contributed by atoms with E-state index < -0.39 is 0 Å². The van der Waals surface area contributed by atoms with Crippen molar-refractivity contribution >= 4 is 0 Å². The first-order chi connectivity index (χ1) is 8.31. The van der Waals surface area contributed by atoms with Crippen LogP contribution in [0.5, 0.6) is 0 Å². The van der Waals surface area contributed by atoms with Gasteiger partial charge in [-0.15, -0.1) is 6.42 Å². The van der Waals surface area contributed by atoms with Crippen LogP contribution in [-0.4, -0.2) is 0 Å². The van der Waals surface area contributed by atoms with Crippen LogP contribution in [0.25, 0.3) is 0 Å². The molecule has 0 fully saturated rings.